The van der Waals surface area contributed by atoms with Crippen molar-refractivity contribution in [2.45, 2.75) is 6.10 Å². The van der Waals surface area contributed by atoms with Crippen LogP contribution in [0.1, 0.15) is 11.7 Å². The van der Waals surface area contributed by atoms with Gasteiger partial charge in [-0.15, -0.1) is 0 Å². The van der Waals surface area contributed by atoms with E-state index in [9.17, 15) is 20.0 Å². The largest absolute Gasteiger partial charge is 0.484 e. The molecule has 2 N–H and O–H groups in total. The van der Waals surface area contributed by atoms with Crippen molar-refractivity contribution in [3.8, 4) is 5.75 Å². The SMILES string of the molecule is O=C(COc1ccccc1)NC[C@H](O)c1ccc([N+](=O)[O-])cc1. The molecule has 1 atom stereocenters. The van der Waals surface area contributed by atoms with Gasteiger partial charge < -0.3 is 15.2 Å². The summed E-state index contributed by atoms with van der Waals surface area (Å²) < 4.78 is 5.28. The first kappa shape index (κ1) is 16.4. The number of amides is 1. The number of hydrogen-bond donors (Lipinski definition) is 2. The zero-order valence-electron chi connectivity index (χ0n) is 12.2. The number of nitrogens with one attached hydrogen (secondary N) is 1. The topological polar surface area (TPSA) is 102 Å². The molecule has 0 fully saturated rings. The van der Waals surface area contributed by atoms with Crippen LogP contribution in [-0.4, -0.2) is 29.1 Å². The third-order valence-electron chi connectivity index (χ3n) is 3.09. The van der Waals surface area contributed by atoms with E-state index in [2.05, 4.69) is 5.32 Å². The first-order chi connectivity index (χ1) is 11.1. The lowest BCUT2D eigenvalue weighted by atomic mass is 10.1. The summed E-state index contributed by atoms with van der Waals surface area (Å²) in [6.07, 6.45) is -0.948. The van der Waals surface area contributed by atoms with Gasteiger partial charge in [0.05, 0.1) is 11.0 Å². The molecule has 0 spiro atoms. The molecular formula is C16H16N2O5. The van der Waals surface area contributed by atoms with Gasteiger partial charge in [-0.05, 0) is 29.8 Å². The number of nitrogens with zero attached hydrogens (tertiary/aromatic N) is 1. The van der Waals surface area contributed by atoms with Crippen LogP contribution in [-0.2, 0) is 4.79 Å². The van der Waals surface area contributed by atoms with Crippen LogP contribution >= 0.6 is 0 Å². The molecular weight excluding hydrogens is 300 g/mol. The van der Waals surface area contributed by atoms with Crippen LogP contribution in [0.5, 0.6) is 5.75 Å². The lowest BCUT2D eigenvalue weighted by molar-refractivity contribution is -0.384. The Bertz CT molecular complexity index is 658. The van der Waals surface area contributed by atoms with E-state index in [1.165, 1.54) is 24.3 Å². The third-order valence-corrected chi connectivity index (χ3v) is 3.09. The maximum Gasteiger partial charge on any atom is 0.269 e. The Morgan fingerprint density at radius 1 is 1.17 bits per heavy atom. The molecule has 2 aromatic rings. The fourth-order valence-corrected chi connectivity index (χ4v) is 1.86. The number of nitro benzene ring substituents is 1. The van der Waals surface area contributed by atoms with Crippen LogP contribution in [0, 0.1) is 10.1 Å². The molecule has 0 saturated carbocycles. The number of rotatable bonds is 7. The lowest BCUT2D eigenvalue weighted by Crippen LogP contribution is -2.32. The summed E-state index contributed by atoms with van der Waals surface area (Å²) in [4.78, 5) is 21.7. The summed E-state index contributed by atoms with van der Waals surface area (Å²) in [6, 6.07) is 14.4. The van der Waals surface area contributed by atoms with E-state index >= 15 is 0 Å². The number of aliphatic hydroxyl groups excluding tert-OH is 1. The van der Waals surface area contributed by atoms with Crippen molar-refractivity contribution in [2.75, 3.05) is 13.2 Å². The van der Waals surface area contributed by atoms with Gasteiger partial charge in [-0.25, -0.2) is 0 Å². The maximum atomic E-state index is 11.7. The monoisotopic (exact) mass is 316 g/mol. The van der Waals surface area contributed by atoms with Gasteiger partial charge in [0.1, 0.15) is 5.75 Å². The highest BCUT2D eigenvalue weighted by atomic mass is 16.6. The molecule has 0 aliphatic heterocycles. The van der Waals surface area contributed by atoms with Crippen LogP contribution in [0.15, 0.2) is 54.6 Å². The first-order valence-electron chi connectivity index (χ1n) is 6.93. The molecule has 1 amide bonds. The van der Waals surface area contributed by atoms with Crippen molar-refractivity contribution in [2.24, 2.45) is 0 Å². The molecule has 120 valence electrons. The summed E-state index contributed by atoms with van der Waals surface area (Å²) >= 11 is 0. The number of aliphatic hydroxyl groups is 1. The third kappa shape index (κ3) is 5.08. The maximum absolute atomic E-state index is 11.7. The van der Waals surface area contributed by atoms with Gasteiger partial charge in [-0.2, -0.15) is 0 Å². The number of non-ortho nitro benzene ring substituents is 1. The van der Waals surface area contributed by atoms with Crippen LogP contribution in [0.4, 0.5) is 5.69 Å². The summed E-state index contributed by atoms with van der Waals surface area (Å²) in [6.45, 7) is -0.161. The molecule has 0 saturated heterocycles. The molecule has 0 aromatic heterocycles. The van der Waals surface area contributed by atoms with E-state index in [4.69, 9.17) is 4.74 Å². The fraction of sp³-hybridized carbons (Fsp3) is 0.188. The molecule has 0 bridgehead atoms. The predicted octanol–water partition coefficient (Wildman–Crippen LogP) is 1.82. The normalized spacial score (nSPS) is 11.5. The number of para-hydroxylation sites is 1. The average Bonchev–Trinajstić information content (AvgIpc) is 2.58. The highest BCUT2D eigenvalue weighted by Gasteiger charge is 2.12. The van der Waals surface area contributed by atoms with Gasteiger partial charge in [-0.3, -0.25) is 14.9 Å². The summed E-state index contributed by atoms with van der Waals surface area (Å²) in [5, 5.41) is 23.1. The van der Waals surface area contributed by atoms with Crippen molar-refractivity contribution in [1.29, 1.82) is 0 Å². The van der Waals surface area contributed by atoms with Crippen molar-refractivity contribution in [1.82, 2.24) is 5.32 Å². The Kier molecular flexibility index (Phi) is 5.65. The van der Waals surface area contributed by atoms with Gasteiger partial charge in [0.2, 0.25) is 0 Å². The van der Waals surface area contributed by atoms with E-state index in [0.717, 1.165) is 0 Å². The van der Waals surface area contributed by atoms with Gasteiger partial charge >= 0.3 is 0 Å². The molecule has 0 aliphatic carbocycles. The smallest absolute Gasteiger partial charge is 0.269 e. The first-order valence-corrected chi connectivity index (χ1v) is 6.93. The van der Waals surface area contributed by atoms with E-state index in [0.29, 0.717) is 11.3 Å². The van der Waals surface area contributed by atoms with Crippen molar-refractivity contribution in [3.63, 3.8) is 0 Å². The summed E-state index contributed by atoms with van der Waals surface area (Å²) in [5.41, 5.74) is 0.432. The Labute approximate surface area is 132 Å². The zero-order chi connectivity index (χ0) is 16.7. The standard InChI is InChI=1S/C16H16N2O5/c19-15(12-6-8-13(9-7-12)18(21)22)10-17-16(20)11-23-14-4-2-1-3-5-14/h1-9,15,19H,10-11H2,(H,17,20)/t15-/m0/s1. The second-order valence-corrected chi connectivity index (χ2v) is 4.77. The van der Waals surface area contributed by atoms with E-state index in [1.54, 1.807) is 24.3 Å². The number of benzene rings is 2. The Morgan fingerprint density at radius 2 is 1.83 bits per heavy atom. The quantitative estimate of drug-likeness (QED) is 0.599. The molecule has 0 unspecified atom stereocenters. The molecule has 2 aromatic carbocycles. The van der Waals surface area contributed by atoms with Crippen molar-refractivity contribution < 1.29 is 19.6 Å². The highest BCUT2D eigenvalue weighted by Crippen LogP contribution is 2.17. The zero-order valence-corrected chi connectivity index (χ0v) is 12.2. The number of hydrogen-bond acceptors (Lipinski definition) is 5. The summed E-state index contributed by atoms with van der Waals surface area (Å²) in [5.74, 6) is 0.216. The number of carbonyl (C=O) groups excluding carboxylic acids is 1. The fourth-order valence-electron chi connectivity index (χ4n) is 1.86. The summed E-state index contributed by atoms with van der Waals surface area (Å²) in [7, 11) is 0. The van der Waals surface area contributed by atoms with Crippen molar-refractivity contribution >= 4 is 11.6 Å². The minimum atomic E-state index is -0.948. The minimum absolute atomic E-state index is 0.00516. The molecule has 0 radical (unpaired) electrons. The highest BCUT2D eigenvalue weighted by molar-refractivity contribution is 5.77. The van der Waals surface area contributed by atoms with Crippen LogP contribution in [0.2, 0.25) is 0 Å². The number of ether oxygens (including phenoxy) is 1. The van der Waals surface area contributed by atoms with Gasteiger partial charge in [0.15, 0.2) is 6.61 Å². The van der Waals surface area contributed by atoms with E-state index < -0.39 is 11.0 Å². The van der Waals surface area contributed by atoms with Gasteiger partial charge in [-0.1, -0.05) is 18.2 Å². The molecule has 7 heteroatoms. The number of nitro groups is 1. The second kappa shape index (κ2) is 7.90. The molecule has 2 rings (SSSR count). The predicted molar refractivity (Wildman–Crippen MR) is 83.0 cm³/mol. The molecule has 23 heavy (non-hydrogen) atoms. The van der Waals surface area contributed by atoms with Crippen LogP contribution in [0.25, 0.3) is 0 Å². The van der Waals surface area contributed by atoms with Crippen molar-refractivity contribution in [3.05, 3.63) is 70.3 Å². The van der Waals surface area contributed by atoms with Crippen LogP contribution in [0.3, 0.4) is 0 Å². The molecule has 7 nitrogen and oxygen atoms in total. The Morgan fingerprint density at radius 3 is 2.43 bits per heavy atom. The molecule has 0 aliphatic rings. The lowest BCUT2D eigenvalue weighted by Gasteiger charge is -2.12. The number of carbonyl (C=O) groups is 1. The van der Waals surface area contributed by atoms with E-state index in [1.807, 2.05) is 6.07 Å². The minimum Gasteiger partial charge on any atom is -0.484 e. The molecule has 0 heterocycles. The second-order valence-electron chi connectivity index (χ2n) is 4.77. The van der Waals surface area contributed by atoms with Crippen LogP contribution < -0.4 is 10.1 Å². The van der Waals surface area contributed by atoms with Gasteiger partial charge in [0, 0.05) is 18.7 Å². The Balaban J connectivity index is 1.78. The van der Waals surface area contributed by atoms with E-state index in [-0.39, 0.29) is 24.7 Å². The Hall–Kier alpha value is -2.93. The van der Waals surface area contributed by atoms with Gasteiger partial charge in [0.25, 0.3) is 11.6 Å². The average molecular weight is 316 g/mol.